The zero-order valence-electron chi connectivity index (χ0n) is 22.2. The van der Waals surface area contributed by atoms with Gasteiger partial charge in [0.05, 0.1) is 17.9 Å². The number of hydrogen-bond donors (Lipinski definition) is 2. The number of nitrogens with one attached hydrogen (secondary N) is 2. The largest absolute Gasteiger partial charge is 0.359 e. The van der Waals surface area contributed by atoms with E-state index in [1.807, 2.05) is 42.7 Å². The molecule has 2 saturated heterocycles. The molecule has 1 saturated carbocycles. The van der Waals surface area contributed by atoms with Crippen LogP contribution in [0.5, 0.6) is 0 Å². The number of likely N-dealkylation sites (tertiary alicyclic amines) is 1. The van der Waals surface area contributed by atoms with Crippen molar-refractivity contribution < 1.29 is 19.1 Å². The van der Waals surface area contributed by atoms with Gasteiger partial charge in [-0.3, -0.25) is 14.4 Å². The molecule has 5 rings (SSSR count). The Hall–Kier alpha value is -2.32. The first-order valence-corrected chi connectivity index (χ1v) is 15.0. The van der Waals surface area contributed by atoms with Crippen LogP contribution in [0.25, 0.3) is 0 Å². The topological polar surface area (TPSA) is 87.7 Å². The minimum atomic E-state index is -1.10. The van der Waals surface area contributed by atoms with Gasteiger partial charge in [-0.05, 0) is 49.1 Å². The summed E-state index contributed by atoms with van der Waals surface area (Å²) in [5, 5.41) is 6.32. The number of fused-ring (bicyclic) bond motifs is 1. The SMILES string of the molecule is CCCCN1C(=O)[C@@H]2C(C(=O)Nc3cccc(SC)c3)[C@@H]3C=CC2(O3)C1C(=O)NC1CCCC(C)C1C. The molecule has 3 fully saturated rings. The Morgan fingerprint density at radius 1 is 1.22 bits per heavy atom. The molecule has 0 aromatic heterocycles. The van der Waals surface area contributed by atoms with Crippen molar-refractivity contribution >= 4 is 35.2 Å². The second-order valence-electron chi connectivity index (χ2n) is 11.2. The summed E-state index contributed by atoms with van der Waals surface area (Å²) in [6.45, 7) is 7.00. The Bertz CT molecular complexity index is 1090. The summed E-state index contributed by atoms with van der Waals surface area (Å²) >= 11 is 1.60. The highest BCUT2D eigenvalue weighted by Gasteiger charge is 2.72. The van der Waals surface area contributed by atoms with E-state index in [-0.39, 0.29) is 23.8 Å². The third kappa shape index (κ3) is 4.50. The Morgan fingerprint density at radius 2 is 2.03 bits per heavy atom. The molecular weight excluding hydrogens is 486 g/mol. The standard InChI is InChI=1S/C29H39N3O4S/c1-5-6-15-32-25(27(34)31-21-12-7-9-17(2)18(21)3)29-14-13-22(36-29)23(24(29)28(32)35)26(33)30-19-10-8-11-20(16-19)37-4/h8,10-11,13-14,16-18,21-25H,5-7,9,12,15H2,1-4H3,(H,30,33)(H,31,34)/t17?,18?,21?,22-,23?,24-,25?,29?/m0/s1. The van der Waals surface area contributed by atoms with E-state index in [2.05, 4.69) is 31.4 Å². The number of anilines is 1. The fourth-order valence-electron chi connectivity index (χ4n) is 6.81. The Labute approximate surface area is 224 Å². The summed E-state index contributed by atoms with van der Waals surface area (Å²) in [7, 11) is 0. The van der Waals surface area contributed by atoms with Crippen molar-refractivity contribution in [1.29, 1.82) is 0 Å². The Morgan fingerprint density at radius 3 is 2.78 bits per heavy atom. The van der Waals surface area contributed by atoms with Crippen LogP contribution in [0.3, 0.4) is 0 Å². The molecule has 3 amide bonds. The third-order valence-corrected chi connectivity index (χ3v) is 9.77. The highest BCUT2D eigenvalue weighted by Crippen LogP contribution is 2.55. The van der Waals surface area contributed by atoms with Gasteiger partial charge >= 0.3 is 0 Å². The number of thioether (sulfide) groups is 1. The number of carbonyl (C=O) groups excluding carboxylic acids is 3. The molecule has 1 aromatic carbocycles. The molecule has 3 aliphatic heterocycles. The molecule has 1 aliphatic carbocycles. The van der Waals surface area contributed by atoms with Gasteiger partial charge in [0.1, 0.15) is 11.6 Å². The maximum atomic E-state index is 13.9. The van der Waals surface area contributed by atoms with Crippen LogP contribution in [0, 0.1) is 23.7 Å². The number of rotatable bonds is 8. The molecule has 7 nitrogen and oxygen atoms in total. The molecular formula is C29H39N3O4S. The van der Waals surface area contributed by atoms with Crippen molar-refractivity contribution in [3.05, 3.63) is 36.4 Å². The number of unbranched alkanes of at least 4 members (excludes halogenated alkanes) is 1. The monoisotopic (exact) mass is 525 g/mol. The lowest BCUT2D eigenvalue weighted by molar-refractivity contribution is -0.141. The second-order valence-corrected chi connectivity index (χ2v) is 12.1. The Balaban J connectivity index is 1.42. The average molecular weight is 526 g/mol. The minimum absolute atomic E-state index is 0.0835. The van der Waals surface area contributed by atoms with Gasteiger partial charge in [0.2, 0.25) is 17.7 Å². The molecule has 3 heterocycles. The molecule has 200 valence electrons. The van der Waals surface area contributed by atoms with Crippen molar-refractivity contribution in [3.8, 4) is 0 Å². The quantitative estimate of drug-likeness (QED) is 0.392. The van der Waals surface area contributed by atoms with Crippen molar-refractivity contribution in [3.63, 3.8) is 0 Å². The first-order chi connectivity index (χ1) is 17.8. The van der Waals surface area contributed by atoms with Gasteiger partial charge in [0, 0.05) is 23.2 Å². The summed E-state index contributed by atoms with van der Waals surface area (Å²) in [4.78, 5) is 44.2. The fraction of sp³-hybridized carbons (Fsp3) is 0.621. The van der Waals surface area contributed by atoms with Crippen LogP contribution >= 0.6 is 11.8 Å². The van der Waals surface area contributed by atoms with Crippen LogP contribution in [0.2, 0.25) is 0 Å². The van der Waals surface area contributed by atoms with E-state index < -0.39 is 29.6 Å². The highest BCUT2D eigenvalue weighted by molar-refractivity contribution is 7.98. The maximum absolute atomic E-state index is 13.9. The maximum Gasteiger partial charge on any atom is 0.246 e. The lowest BCUT2D eigenvalue weighted by Gasteiger charge is -2.38. The van der Waals surface area contributed by atoms with Gasteiger partial charge in [-0.2, -0.15) is 0 Å². The first kappa shape index (κ1) is 26.3. The van der Waals surface area contributed by atoms with Crippen LogP contribution in [0.1, 0.15) is 52.9 Å². The molecule has 1 spiro atoms. The summed E-state index contributed by atoms with van der Waals surface area (Å²) in [5.74, 6) is -1.01. The van der Waals surface area contributed by atoms with Crippen LogP contribution in [0.15, 0.2) is 41.3 Å². The number of nitrogens with zero attached hydrogens (tertiary/aromatic N) is 1. The first-order valence-electron chi connectivity index (χ1n) is 13.7. The second kappa shape index (κ2) is 10.4. The number of benzene rings is 1. The van der Waals surface area contributed by atoms with E-state index >= 15 is 0 Å². The summed E-state index contributed by atoms with van der Waals surface area (Å²) in [6, 6.07) is 6.99. The molecule has 37 heavy (non-hydrogen) atoms. The predicted molar refractivity (Wildman–Crippen MR) is 145 cm³/mol. The van der Waals surface area contributed by atoms with Gasteiger partial charge < -0.3 is 20.3 Å². The smallest absolute Gasteiger partial charge is 0.246 e. The van der Waals surface area contributed by atoms with E-state index in [1.165, 1.54) is 6.42 Å². The number of ether oxygens (including phenoxy) is 1. The van der Waals surface area contributed by atoms with Gasteiger partial charge in [-0.25, -0.2) is 0 Å². The van der Waals surface area contributed by atoms with Crippen LogP contribution in [-0.4, -0.2) is 59.2 Å². The minimum Gasteiger partial charge on any atom is -0.359 e. The molecule has 4 aliphatic rings. The van der Waals surface area contributed by atoms with Gasteiger partial charge in [-0.1, -0.05) is 58.3 Å². The van der Waals surface area contributed by atoms with Gasteiger partial charge in [-0.15, -0.1) is 11.8 Å². The van der Waals surface area contributed by atoms with E-state index in [0.29, 0.717) is 24.1 Å². The van der Waals surface area contributed by atoms with E-state index in [9.17, 15) is 14.4 Å². The average Bonchev–Trinajstić information content (AvgIpc) is 3.53. The molecule has 6 unspecified atom stereocenters. The third-order valence-electron chi connectivity index (χ3n) is 9.05. The lowest BCUT2D eigenvalue weighted by Crippen LogP contribution is -2.58. The lowest BCUT2D eigenvalue weighted by atomic mass is 9.73. The fourth-order valence-corrected chi connectivity index (χ4v) is 7.27. The van der Waals surface area contributed by atoms with Crippen molar-refractivity contribution in [2.75, 3.05) is 18.1 Å². The molecule has 8 heteroatoms. The molecule has 8 atom stereocenters. The van der Waals surface area contributed by atoms with Gasteiger partial charge in [0.15, 0.2) is 0 Å². The van der Waals surface area contributed by atoms with Crippen LogP contribution < -0.4 is 10.6 Å². The predicted octanol–water partition coefficient (Wildman–Crippen LogP) is 4.24. The van der Waals surface area contributed by atoms with E-state index in [1.54, 1.807) is 16.7 Å². The zero-order chi connectivity index (χ0) is 26.3. The van der Waals surface area contributed by atoms with Gasteiger partial charge in [0.25, 0.3) is 0 Å². The number of carbonyl (C=O) groups is 3. The summed E-state index contributed by atoms with van der Waals surface area (Å²) in [5.41, 5.74) is -0.410. The molecule has 2 bridgehead atoms. The van der Waals surface area contributed by atoms with Crippen molar-refractivity contribution in [2.45, 2.75) is 81.6 Å². The zero-order valence-corrected chi connectivity index (χ0v) is 23.1. The van der Waals surface area contributed by atoms with Crippen LogP contribution in [0.4, 0.5) is 5.69 Å². The van der Waals surface area contributed by atoms with Crippen LogP contribution in [-0.2, 0) is 19.1 Å². The number of hydrogen-bond acceptors (Lipinski definition) is 5. The van der Waals surface area contributed by atoms with E-state index in [0.717, 1.165) is 30.6 Å². The molecule has 0 radical (unpaired) electrons. The highest BCUT2D eigenvalue weighted by atomic mass is 32.2. The Kier molecular flexibility index (Phi) is 7.42. The normalized spacial score (nSPS) is 36.1. The molecule has 1 aromatic rings. The summed E-state index contributed by atoms with van der Waals surface area (Å²) in [6.07, 6.45) is 10.1. The number of amides is 3. The van der Waals surface area contributed by atoms with Crippen molar-refractivity contribution in [1.82, 2.24) is 10.2 Å². The molecule has 2 N–H and O–H groups in total. The summed E-state index contributed by atoms with van der Waals surface area (Å²) < 4.78 is 6.45. The van der Waals surface area contributed by atoms with E-state index in [4.69, 9.17) is 4.74 Å². The van der Waals surface area contributed by atoms with Crippen molar-refractivity contribution in [2.24, 2.45) is 23.7 Å².